The van der Waals surface area contributed by atoms with Crippen LogP contribution in [0.4, 0.5) is 0 Å². The Morgan fingerprint density at radius 2 is 1.32 bits per heavy atom. The first-order chi connectivity index (χ1) is 15.1. The van der Waals surface area contributed by atoms with Crippen LogP contribution >= 0.6 is 0 Å². The first kappa shape index (κ1) is 23.8. The second-order valence-electron chi connectivity index (χ2n) is 7.06. The summed E-state index contributed by atoms with van der Waals surface area (Å²) in [6.45, 7) is 5.31. The van der Waals surface area contributed by atoms with Gasteiger partial charge in [0.25, 0.3) is 0 Å². The van der Waals surface area contributed by atoms with E-state index >= 15 is 0 Å². The third-order valence-corrected chi connectivity index (χ3v) is 4.67. The van der Waals surface area contributed by atoms with Gasteiger partial charge in [0.2, 0.25) is 0 Å². The van der Waals surface area contributed by atoms with E-state index in [0.717, 1.165) is 38.5 Å². The molecule has 0 unspecified atom stereocenters. The Morgan fingerprint density at radius 1 is 0.774 bits per heavy atom. The minimum absolute atomic E-state index is 0.0141. The van der Waals surface area contributed by atoms with Gasteiger partial charge in [-0.25, -0.2) is 4.79 Å². The number of nitrogens with zero attached hydrogens (tertiary/aromatic N) is 2. The number of hydrogen-bond donors (Lipinski definition) is 0. The third kappa shape index (κ3) is 7.04. The summed E-state index contributed by atoms with van der Waals surface area (Å²) in [6, 6.07) is 13.6. The van der Waals surface area contributed by atoms with E-state index in [2.05, 4.69) is 13.8 Å². The van der Waals surface area contributed by atoms with Crippen LogP contribution in [0.1, 0.15) is 73.9 Å². The molecule has 0 aromatic heterocycles. The number of carbonyl (C=O) groups is 1. The number of unbranched alkanes of at least 4 members (excludes halogenated alkanes) is 4. The van der Waals surface area contributed by atoms with Crippen LogP contribution in [0.5, 0.6) is 17.2 Å². The number of hydrogen-bond acceptors (Lipinski definition) is 6. The predicted octanol–water partition coefficient (Wildman–Crippen LogP) is 5.79. The van der Waals surface area contributed by atoms with E-state index < -0.39 is 5.97 Å². The fourth-order valence-electron chi connectivity index (χ4n) is 2.91. The number of carbonyl (C=O) groups excluding carboxylic acids is 1. The van der Waals surface area contributed by atoms with Crippen molar-refractivity contribution < 1.29 is 19.0 Å². The summed E-state index contributed by atoms with van der Waals surface area (Å²) in [4.78, 5) is 12.5. The number of benzene rings is 2. The minimum atomic E-state index is -0.616. The van der Waals surface area contributed by atoms with Gasteiger partial charge < -0.3 is 14.2 Å². The lowest BCUT2D eigenvalue weighted by Gasteiger charge is -2.12. The van der Waals surface area contributed by atoms with Crippen molar-refractivity contribution >= 4 is 5.97 Å². The maximum absolute atomic E-state index is 12.5. The van der Waals surface area contributed by atoms with Gasteiger partial charge in [-0.3, -0.25) is 0 Å². The lowest BCUT2D eigenvalue weighted by Crippen LogP contribution is -2.10. The van der Waals surface area contributed by atoms with E-state index in [-0.39, 0.29) is 16.9 Å². The second kappa shape index (κ2) is 12.9. The Labute approximate surface area is 184 Å². The first-order valence-corrected chi connectivity index (χ1v) is 10.7. The number of esters is 1. The largest absolute Gasteiger partial charge is 0.494 e. The number of rotatable bonds is 12. The SMILES string of the molecule is CCCCCOc1ccc(C(=O)Oc2ccc(OCCCCC)c(C#N)c2C#N)cc1. The van der Waals surface area contributed by atoms with Gasteiger partial charge >= 0.3 is 5.97 Å². The quantitative estimate of drug-likeness (QED) is 0.245. The molecule has 0 aliphatic rings. The van der Waals surface area contributed by atoms with Crippen molar-refractivity contribution in [3.63, 3.8) is 0 Å². The molecule has 0 N–H and O–H groups in total. The third-order valence-electron chi connectivity index (χ3n) is 4.67. The molecule has 2 aromatic rings. The maximum atomic E-state index is 12.5. The Kier molecular flexibility index (Phi) is 9.91. The normalized spacial score (nSPS) is 10.1. The van der Waals surface area contributed by atoms with Gasteiger partial charge in [0.15, 0.2) is 5.75 Å². The molecule has 0 radical (unpaired) electrons. The molecule has 0 amide bonds. The van der Waals surface area contributed by atoms with Crippen molar-refractivity contribution in [3.8, 4) is 29.4 Å². The highest BCUT2D eigenvalue weighted by Gasteiger charge is 2.18. The zero-order valence-corrected chi connectivity index (χ0v) is 18.1. The number of nitriles is 2. The van der Waals surface area contributed by atoms with E-state index in [1.807, 2.05) is 12.1 Å². The average Bonchev–Trinajstić information content (AvgIpc) is 2.80. The van der Waals surface area contributed by atoms with E-state index in [4.69, 9.17) is 14.2 Å². The van der Waals surface area contributed by atoms with Crippen LogP contribution in [0.15, 0.2) is 36.4 Å². The fraction of sp³-hybridized carbons (Fsp3) is 0.400. The summed E-state index contributed by atoms with van der Waals surface area (Å²) in [7, 11) is 0. The van der Waals surface area contributed by atoms with E-state index in [0.29, 0.717) is 30.3 Å². The molecule has 0 aliphatic heterocycles. The summed E-state index contributed by atoms with van der Waals surface area (Å²) < 4.78 is 16.7. The molecule has 2 rings (SSSR count). The molecule has 2 aromatic carbocycles. The second-order valence-corrected chi connectivity index (χ2v) is 7.06. The highest BCUT2D eigenvalue weighted by atomic mass is 16.5. The van der Waals surface area contributed by atoms with Gasteiger partial charge in [-0.15, -0.1) is 0 Å². The number of ether oxygens (including phenoxy) is 3. The van der Waals surface area contributed by atoms with Crippen LogP contribution in [-0.2, 0) is 0 Å². The van der Waals surface area contributed by atoms with Crippen molar-refractivity contribution in [1.29, 1.82) is 10.5 Å². The Morgan fingerprint density at radius 3 is 1.90 bits per heavy atom. The van der Waals surface area contributed by atoms with Gasteiger partial charge in [0.05, 0.1) is 18.8 Å². The minimum Gasteiger partial charge on any atom is -0.494 e. The van der Waals surface area contributed by atoms with Gasteiger partial charge in [0, 0.05) is 0 Å². The Hall–Kier alpha value is -3.51. The van der Waals surface area contributed by atoms with Crippen LogP contribution in [0.25, 0.3) is 0 Å². The van der Waals surface area contributed by atoms with Crippen LogP contribution in [-0.4, -0.2) is 19.2 Å². The zero-order chi connectivity index (χ0) is 22.5. The molecule has 0 fully saturated rings. The molecule has 0 bridgehead atoms. The van der Waals surface area contributed by atoms with Crippen LogP contribution in [0.3, 0.4) is 0 Å². The molecule has 162 valence electrons. The van der Waals surface area contributed by atoms with Crippen molar-refractivity contribution in [2.75, 3.05) is 13.2 Å². The standard InChI is InChI=1S/C25H28N2O4/c1-3-5-7-15-29-20-11-9-19(10-12-20)25(28)31-24-14-13-23(30-16-8-6-4-2)21(17-26)22(24)18-27/h9-14H,3-8,15-16H2,1-2H3. The van der Waals surface area contributed by atoms with Crippen LogP contribution in [0.2, 0.25) is 0 Å². The van der Waals surface area contributed by atoms with Crippen molar-refractivity contribution in [2.45, 2.75) is 52.4 Å². The molecule has 0 aliphatic carbocycles. The smallest absolute Gasteiger partial charge is 0.343 e. The highest BCUT2D eigenvalue weighted by Crippen LogP contribution is 2.30. The maximum Gasteiger partial charge on any atom is 0.343 e. The summed E-state index contributed by atoms with van der Waals surface area (Å²) in [5.41, 5.74) is 0.378. The average molecular weight is 421 g/mol. The van der Waals surface area contributed by atoms with Gasteiger partial charge in [-0.1, -0.05) is 39.5 Å². The summed E-state index contributed by atoms with van der Waals surface area (Å²) >= 11 is 0. The van der Waals surface area contributed by atoms with Gasteiger partial charge in [-0.2, -0.15) is 10.5 Å². The van der Waals surface area contributed by atoms with Crippen molar-refractivity contribution in [2.24, 2.45) is 0 Å². The molecule has 6 nitrogen and oxygen atoms in total. The van der Waals surface area contributed by atoms with E-state index in [9.17, 15) is 15.3 Å². The monoisotopic (exact) mass is 420 g/mol. The van der Waals surface area contributed by atoms with Crippen molar-refractivity contribution in [1.82, 2.24) is 0 Å². The van der Waals surface area contributed by atoms with Gasteiger partial charge in [0.1, 0.15) is 34.8 Å². The molecule has 6 heteroatoms. The molecule has 0 spiro atoms. The van der Waals surface area contributed by atoms with E-state index in [1.165, 1.54) is 6.07 Å². The first-order valence-electron chi connectivity index (χ1n) is 10.7. The van der Waals surface area contributed by atoms with E-state index in [1.54, 1.807) is 30.3 Å². The van der Waals surface area contributed by atoms with Crippen LogP contribution in [0, 0.1) is 22.7 Å². The Balaban J connectivity index is 2.08. The molecule has 0 saturated heterocycles. The summed E-state index contributed by atoms with van der Waals surface area (Å²) in [6.07, 6.45) is 6.15. The molecule has 0 saturated carbocycles. The summed E-state index contributed by atoms with van der Waals surface area (Å²) in [5, 5.41) is 19.0. The topological polar surface area (TPSA) is 92.3 Å². The molecular weight excluding hydrogens is 392 g/mol. The zero-order valence-electron chi connectivity index (χ0n) is 18.1. The molecule has 31 heavy (non-hydrogen) atoms. The Bertz CT molecular complexity index is 940. The fourth-order valence-corrected chi connectivity index (χ4v) is 2.91. The molecule has 0 heterocycles. The lowest BCUT2D eigenvalue weighted by atomic mass is 10.1. The lowest BCUT2D eigenvalue weighted by molar-refractivity contribution is 0.0734. The highest BCUT2D eigenvalue weighted by molar-refractivity contribution is 5.91. The summed E-state index contributed by atoms with van der Waals surface area (Å²) in [5.74, 6) is 0.417. The predicted molar refractivity (Wildman–Crippen MR) is 117 cm³/mol. The molecule has 0 atom stereocenters. The van der Waals surface area contributed by atoms with Crippen molar-refractivity contribution in [3.05, 3.63) is 53.1 Å². The van der Waals surface area contributed by atoms with Gasteiger partial charge in [-0.05, 0) is 49.2 Å². The van der Waals surface area contributed by atoms with Crippen LogP contribution < -0.4 is 14.2 Å². The molecular formula is C25H28N2O4.